The molecule has 1 N–H and O–H groups in total. The highest BCUT2D eigenvalue weighted by Crippen LogP contribution is 2.27. The smallest absolute Gasteiger partial charge is 0.417 e. The number of carbonyl (C=O) groups excluding carboxylic acids is 2. The van der Waals surface area contributed by atoms with Gasteiger partial charge in [0.25, 0.3) is 11.9 Å². The molecule has 2 heterocycles. The van der Waals surface area contributed by atoms with E-state index in [0.717, 1.165) is 21.6 Å². The fourth-order valence-corrected chi connectivity index (χ4v) is 4.74. The summed E-state index contributed by atoms with van der Waals surface area (Å²) in [4.78, 5) is 33.4. The number of likely N-dealkylation sites (N-methyl/N-ethyl adjacent to an activating group) is 1. The molecule has 1 saturated heterocycles. The monoisotopic (exact) mass is 559 g/mol. The molecular formula is C31H33N3O7. The van der Waals surface area contributed by atoms with Crippen LogP contribution in [0.15, 0.2) is 83.3 Å². The lowest BCUT2D eigenvalue weighted by Gasteiger charge is -2.28. The van der Waals surface area contributed by atoms with Crippen LogP contribution in [0, 0.1) is 0 Å². The lowest BCUT2D eigenvalue weighted by molar-refractivity contribution is -0.149. The number of aliphatic hydroxyl groups is 1. The number of hydrogen-bond acceptors (Lipinski definition) is 9. The Morgan fingerprint density at radius 2 is 1.83 bits per heavy atom. The first-order chi connectivity index (χ1) is 19.9. The van der Waals surface area contributed by atoms with Gasteiger partial charge in [-0.2, -0.15) is 4.98 Å². The van der Waals surface area contributed by atoms with Crippen molar-refractivity contribution in [3.8, 4) is 5.75 Å². The van der Waals surface area contributed by atoms with E-state index < -0.39 is 30.3 Å². The number of oxazole rings is 1. The number of nitrogens with zero attached hydrogens (tertiary/aromatic N) is 3. The molecule has 0 saturated carbocycles. The zero-order valence-electron chi connectivity index (χ0n) is 23.0. The number of aromatic nitrogens is 1. The summed E-state index contributed by atoms with van der Waals surface area (Å²) < 4.78 is 22.5. The number of rotatable bonds is 12. The van der Waals surface area contributed by atoms with Gasteiger partial charge in [-0.25, -0.2) is 9.69 Å². The number of imide groups is 1. The zero-order valence-corrected chi connectivity index (χ0v) is 23.0. The van der Waals surface area contributed by atoms with E-state index in [-0.39, 0.29) is 13.2 Å². The van der Waals surface area contributed by atoms with Gasteiger partial charge in [-0.15, -0.1) is 0 Å². The molecule has 0 spiro atoms. The third kappa shape index (κ3) is 6.50. The number of fused-ring (bicyclic) bond motifs is 1. The molecule has 10 heteroatoms. The molecule has 0 bridgehead atoms. The van der Waals surface area contributed by atoms with Crippen LogP contribution in [-0.4, -0.2) is 72.5 Å². The summed E-state index contributed by atoms with van der Waals surface area (Å²) in [5, 5.41) is 11.1. The van der Waals surface area contributed by atoms with Gasteiger partial charge in [0.2, 0.25) is 0 Å². The molecule has 2 amide bonds. The van der Waals surface area contributed by atoms with Gasteiger partial charge in [0.05, 0.1) is 12.6 Å². The Hall–Kier alpha value is -4.41. The Labute approximate surface area is 238 Å². The molecule has 5 rings (SSSR count). The van der Waals surface area contributed by atoms with Gasteiger partial charge in [-0.3, -0.25) is 4.79 Å². The molecule has 0 unspecified atom stereocenters. The molecule has 3 atom stereocenters. The average Bonchev–Trinajstić information content (AvgIpc) is 3.59. The average molecular weight is 560 g/mol. The predicted molar refractivity (Wildman–Crippen MR) is 152 cm³/mol. The van der Waals surface area contributed by atoms with Crippen molar-refractivity contribution in [2.75, 3.05) is 38.3 Å². The van der Waals surface area contributed by atoms with Crippen LogP contribution in [0.2, 0.25) is 0 Å². The van der Waals surface area contributed by atoms with Gasteiger partial charge in [-0.1, -0.05) is 54.6 Å². The molecule has 10 nitrogen and oxygen atoms in total. The van der Waals surface area contributed by atoms with Gasteiger partial charge in [0.15, 0.2) is 11.7 Å². The molecule has 1 aliphatic heterocycles. The van der Waals surface area contributed by atoms with Gasteiger partial charge in [0.1, 0.15) is 30.6 Å². The van der Waals surface area contributed by atoms with Crippen molar-refractivity contribution in [2.24, 2.45) is 0 Å². The number of hydrogen-bond donors (Lipinski definition) is 1. The first-order valence-electron chi connectivity index (χ1n) is 13.6. The van der Waals surface area contributed by atoms with Gasteiger partial charge in [-0.05, 0) is 48.7 Å². The molecule has 0 aliphatic carbocycles. The van der Waals surface area contributed by atoms with E-state index in [1.165, 1.54) is 0 Å². The number of ether oxygens (including phenoxy) is 3. The largest absolute Gasteiger partial charge is 0.492 e. The van der Waals surface area contributed by atoms with Crippen molar-refractivity contribution >= 4 is 29.1 Å². The maximum Gasteiger partial charge on any atom is 0.417 e. The van der Waals surface area contributed by atoms with Crippen LogP contribution in [0.5, 0.6) is 5.75 Å². The van der Waals surface area contributed by atoms with Gasteiger partial charge >= 0.3 is 6.09 Å². The summed E-state index contributed by atoms with van der Waals surface area (Å²) in [7, 11) is 1.87. The van der Waals surface area contributed by atoms with Crippen molar-refractivity contribution < 1.29 is 33.3 Å². The van der Waals surface area contributed by atoms with E-state index in [9.17, 15) is 14.7 Å². The summed E-state index contributed by atoms with van der Waals surface area (Å²) in [6.07, 6.45) is -2.87. The maximum absolute atomic E-state index is 13.5. The van der Waals surface area contributed by atoms with Crippen molar-refractivity contribution in [1.29, 1.82) is 0 Å². The van der Waals surface area contributed by atoms with Crippen LogP contribution in [-0.2, 0) is 20.7 Å². The number of cyclic esters (lactones) is 1. The molecule has 1 aliphatic rings. The third-order valence-corrected chi connectivity index (χ3v) is 6.92. The van der Waals surface area contributed by atoms with Crippen LogP contribution >= 0.6 is 0 Å². The van der Waals surface area contributed by atoms with E-state index in [0.29, 0.717) is 36.9 Å². The van der Waals surface area contributed by atoms with Crippen LogP contribution in [0.4, 0.5) is 10.8 Å². The Balaban J connectivity index is 1.19. The topological polar surface area (TPSA) is 115 Å². The van der Waals surface area contributed by atoms with Crippen molar-refractivity contribution in [1.82, 2.24) is 9.88 Å². The molecule has 0 radical (unpaired) electrons. The number of para-hydroxylation sites is 2. The van der Waals surface area contributed by atoms with Gasteiger partial charge < -0.3 is 28.6 Å². The third-order valence-electron chi connectivity index (χ3n) is 6.92. The van der Waals surface area contributed by atoms with Crippen LogP contribution in [0.25, 0.3) is 11.1 Å². The highest BCUT2D eigenvalue weighted by atomic mass is 16.6. The van der Waals surface area contributed by atoms with E-state index >= 15 is 0 Å². The summed E-state index contributed by atoms with van der Waals surface area (Å²) in [6.45, 7) is 2.90. The zero-order chi connectivity index (χ0) is 28.8. The molecule has 214 valence electrons. The Bertz CT molecular complexity index is 1420. The standard InChI is InChI=1S/C31H33N3O7/c1-3-38-28(29(36)34-23(20-40-31(34)37)19-21-9-5-4-6-10-21)27(35)22-13-15-24(16-14-22)39-18-17-33(2)30-32-25-11-7-8-12-26(25)41-30/h4-16,23,27-28,35H,3,17-20H2,1-2H3/t23-,27+,28-/m0/s1. The highest BCUT2D eigenvalue weighted by Gasteiger charge is 2.43. The molecule has 3 aromatic carbocycles. The quantitative estimate of drug-likeness (QED) is 0.270. The number of benzene rings is 3. The van der Waals surface area contributed by atoms with Crippen LogP contribution in [0.1, 0.15) is 24.2 Å². The van der Waals surface area contributed by atoms with E-state index in [2.05, 4.69) is 4.98 Å². The maximum atomic E-state index is 13.5. The van der Waals surface area contributed by atoms with Crippen LogP contribution in [0.3, 0.4) is 0 Å². The van der Waals surface area contributed by atoms with Crippen molar-refractivity contribution in [3.63, 3.8) is 0 Å². The Morgan fingerprint density at radius 3 is 2.56 bits per heavy atom. The molecule has 41 heavy (non-hydrogen) atoms. The van der Waals surface area contributed by atoms with E-state index in [4.69, 9.17) is 18.6 Å². The van der Waals surface area contributed by atoms with Crippen molar-refractivity contribution in [2.45, 2.75) is 31.6 Å². The van der Waals surface area contributed by atoms with Gasteiger partial charge in [0, 0.05) is 13.7 Å². The fraction of sp³-hybridized carbons (Fsp3) is 0.323. The second-order valence-corrected chi connectivity index (χ2v) is 9.75. The second kappa shape index (κ2) is 12.8. The summed E-state index contributed by atoms with van der Waals surface area (Å²) in [5.74, 6) is -0.0393. The number of carbonyl (C=O) groups is 2. The summed E-state index contributed by atoms with van der Waals surface area (Å²) in [6, 6.07) is 23.9. The lowest BCUT2D eigenvalue weighted by Crippen LogP contribution is -2.48. The van der Waals surface area contributed by atoms with Crippen molar-refractivity contribution in [3.05, 3.63) is 90.0 Å². The number of aliphatic hydroxyl groups excluding tert-OH is 1. The molecular weight excluding hydrogens is 526 g/mol. The first-order valence-corrected chi connectivity index (χ1v) is 13.6. The van der Waals surface area contributed by atoms with Crippen LogP contribution < -0.4 is 9.64 Å². The SMILES string of the molecule is CCO[C@H](C(=O)N1C(=O)OC[C@@H]1Cc1ccccc1)[C@H](O)c1ccc(OCCN(C)c2nc3ccccc3o2)cc1. The minimum atomic E-state index is -1.30. The highest BCUT2D eigenvalue weighted by molar-refractivity contribution is 5.96. The number of anilines is 1. The Morgan fingerprint density at radius 1 is 1.10 bits per heavy atom. The molecule has 1 aromatic heterocycles. The Kier molecular flexibility index (Phi) is 8.81. The summed E-state index contributed by atoms with van der Waals surface area (Å²) >= 11 is 0. The summed E-state index contributed by atoms with van der Waals surface area (Å²) in [5.41, 5.74) is 2.95. The normalized spacial score (nSPS) is 16.4. The minimum absolute atomic E-state index is 0.0854. The molecule has 4 aromatic rings. The lowest BCUT2D eigenvalue weighted by atomic mass is 10.0. The second-order valence-electron chi connectivity index (χ2n) is 9.75. The minimum Gasteiger partial charge on any atom is -0.492 e. The number of amides is 2. The molecule has 1 fully saturated rings. The van der Waals surface area contributed by atoms with E-state index in [1.807, 2.05) is 66.5 Å². The first kappa shape index (κ1) is 28.1. The van der Waals surface area contributed by atoms with E-state index in [1.54, 1.807) is 31.2 Å². The predicted octanol–water partition coefficient (Wildman–Crippen LogP) is 4.37. The fourth-order valence-electron chi connectivity index (χ4n) is 4.74.